The van der Waals surface area contributed by atoms with Crippen LogP contribution in [-0.4, -0.2) is 36.6 Å². The number of esters is 2. The van der Waals surface area contributed by atoms with Gasteiger partial charge in [-0.2, -0.15) is 5.10 Å². The Bertz CT molecular complexity index is 1370. The fourth-order valence-corrected chi connectivity index (χ4v) is 5.39. The van der Waals surface area contributed by atoms with E-state index in [4.69, 9.17) is 9.47 Å². The third-order valence-corrected chi connectivity index (χ3v) is 7.07. The Balaban J connectivity index is 1.35. The summed E-state index contributed by atoms with van der Waals surface area (Å²) in [5, 5.41) is 6.69. The number of nitrogens with zero attached hydrogens (tertiary/aromatic N) is 1. The first kappa shape index (κ1) is 26.7. The monoisotopic (exact) mass is 533 g/mol. The van der Waals surface area contributed by atoms with Crippen LogP contribution in [0.25, 0.3) is 0 Å². The second-order valence-corrected chi connectivity index (χ2v) is 9.86. The lowest BCUT2D eigenvalue weighted by Gasteiger charge is -2.18. The SMILES string of the molecule is CCOC(=O)c1c(NC(=O)C(=O)N/N=C/c2ccc(OC(=O)c3ccccc3)cc2)sc2c1CCC(C)C2. The number of amides is 2. The van der Waals surface area contributed by atoms with Crippen LogP contribution in [0, 0.1) is 5.92 Å². The van der Waals surface area contributed by atoms with Crippen molar-refractivity contribution in [2.24, 2.45) is 11.0 Å². The molecule has 4 rings (SSSR count). The Labute approximate surface area is 223 Å². The molecule has 1 atom stereocenters. The van der Waals surface area contributed by atoms with Crippen molar-refractivity contribution in [3.8, 4) is 5.75 Å². The van der Waals surface area contributed by atoms with E-state index in [9.17, 15) is 19.2 Å². The molecule has 9 nitrogen and oxygen atoms in total. The van der Waals surface area contributed by atoms with Gasteiger partial charge in [-0.1, -0.05) is 25.1 Å². The normalized spacial score (nSPS) is 14.4. The fraction of sp³-hybridized carbons (Fsp3) is 0.250. The summed E-state index contributed by atoms with van der Waals surface area (Å²) >= 11 is 1.30. The highest BCUT2D eigenvalue weighted by Crippen LogP contribution is 2.40. The van der Waals surface area contributed by atoms with Gasteiger partial charge in [-0.15, -0.1) is 11.3 Å². The quantitative estimate of drug-likeness (QED) is 0.153. The van der Waals surface area contributed by atoms with Gasteiger partial charge in [0.05, 0.1) is 23.9 Å². The molecule has 196 valence electrons. The van der Waals surface area contributed by atoms with Gasteiger partial charge in [0.25, 0.3) is 0 Å². The van der Waals surface area contributed by atoms with E-state index in [-0.39, 0.29) is 6.61 Å². The molecular formula is C28H27N3O6S. The van der Waals surface area contributed by atoms with Crippen LogP contribution in [0.1, 0.15) is 57.0 Å². The van der Waals surface area contributed by atoms with Crippen LogP contribution in [-0.2, 0) is 27.2 Å². The van der Waals surface area contributed by atoms with Crippen LogP contribution < -0.4 is 15.5 Å². The maximum Gasteiger partial charge on any atom is 0.343 e. The lowest BCUT2D eigenvalue weighted by Crippen LogP contribution is -2.32. The lowest BCUT2D eigenvalue weighted by molar-refractivity contribution is -0.136. The largest absolute Gasteiger partial charge is 0.462 e. The van der Waals surface area contributed by atoms with Gasteiger partial charge in [-0.05, 0) is 79.6 Å². The van der Waals surface area contributed by atoms with Crippen molar-refractivity contribution in [1.29, 1.82) is 0 Å². The summed E-state index contributed by atoms with van der Waals surface area (Å²) < 4.78 is 10.5. The molecule has 1 aromatic heterocycles. The summed E-state index contributed by atoms with van der Waals surface area (Å²) in [6.07, 6.45) is 3.82. The Morgan fingerprint density at radius 1 is 1.03 bits per heavy atom. The summed E-state index contributed by atoms with van der Waals surface area (Å²) in [4.78, 5) is 50.6. The number of benzene rings is 2. The van der Waals surface area contributed by atoms with Gasteiger partial charge in [-0.3, -0.25) is 9.59 Å². The Morgan fingerprint density at radius 2 is 1.76 bits per heavy atom. The van der Waals surface area contributed by atoms with Gasteiger partial charge in [0.1, 0.15) is 10.8 Å². The summed E-state index contributed by atoms with van der Waals surface area (Å²) in [6, 6.07) is 15.1. The van der Waals surface area contributed by atoms with E-state index in [2.05, 4.69) is 22.8 Å². The number of nitrogens with one attached hydrogen (secondary N) is 2. The Kier molecular flexibility index (Phi) is 8.65. The minimum absolute atomic E-state index is 0.207. The average Bonchev–Trinajstić information content (AvgIpc) is 3.27. The van der Waals surface area contributed by atoms with E-state index < -0.39 is 23.8 Å². The van der Waals surface area contributed by atoms with Crippen molar-refractivity contribution in [1.82, 2.24) is 5.43 Å². The molecule has 1 aliphatic carbocycles. The lowest BCUT2D eigenvalue weighted by atomic mass is 9.88. The molecule has 3 aromatic rings. The minimum atomic E-state index is -0.982. The van der Waals surface area contributed by atoms with Crippen molar-refractivity contribution >= 4 is 46.3 Å². The number of ether oxygens (including phenoxy) is 2. The molecule has 1 aliphatic rings. The summed E-state index contributed by atoms with van der Waals surface area (Å²) in [5.74, 6) is -2.08. The number of anilines is 1. The summed E-state index contributed by atoms with van der Waals surface area (Å²) in [5.41, 5.74) is 4.44. The first-order chi connectivity index (χ1) is 18.4. The highest BCUT2D eigenvalue weighted by atomic mass is 32.1. The summed E-state index contributed by atoms with van der Waals surface area (Å²) in [6.45, 7) is 4.06. The molecule has 0 saturated carbocycles. The molecule has 2 aromatic carbocycles. The molecule has 10 heteroatoms. The fourth-order valence-electron chi connectivity index (χ4n) is 4.00. The standard InChI is InChI=1S/C28H27N3O6S/c1-3-36-28(35)23-21-14-9-17(2)15-22(21)38-26(23)30-24(32)25(33)31-29-16-18-10-12-20(13-11-18)37-27(34)19-7-5-4-6-8-19/h4-8,10-13,16-17H,3,9,14-15H2,1-2H3,(H,30,32)(H,31,33)/b29-16+. The van der Waals surface area contributed by atoms with Crippen LogP contribution >= 0.6 is 11.3 Å². The molecule has 0 saturated heterocycles. The molecule has 38 heavy (non-hydrogen) atoms. The molecule has 2 N–H and O–H groups in total. The van der Waals surface area contributed by atoms with E-state index in [0.29, 0.717) is 33.4 Å². The van der Waals surface area contributed by atoms with Gasteiger partial charge in [0.15, 0.2) is 0 Å². The summed E-state index contributed by atoms with van der Waals surface area (Å²) in [7, 11) is 0. The van der Waals surface area contributed by atoms with Gasteiger partial charge < -0.3 is 14.8 Å². The van der Waals surface area contributed by atoms with E-state index in [1.807, 2.05) is 6.07 Å². The highest BCUT2D eigenvalue weighted by molar-refractivity contribution is 7.17. The van der Waals surface area contributed by atoms with Crippen LogP contribution in [0.4, 0.5) is 5.00 Å². The molecule has 0 spiro atoms. The zero-order chi connectivity index (χ0) is 27.1. The number of hydrogen-bond donors (Lipinski definition) is 2. The number of hydrazone groups is 1. The molecule has 0 fully saturated rings. The first-order valence-corrected chi connectivity index (χ1v) is 13.0. The predicted molar refractivity (Wildman–Crippen MR) is 144 cm³/mol. The minimum Gasteiger partial charge on any atom is -0.462 e. The van der Waals surface area contributed by atoms with Crippen LogP contribution in [0.15, 0.2) is 59.7 Å². The van der Waals surface area contributed by atoms with Gasteiger partial charge in [0.2, 0.25) is 0 Å². The number of hydrogen-bond acceptors (Lipinski definition) is 8. The first-order valence-electron chi connectivity index (χ1n) is 12.2. The van der Waals surface area contributed by atoms with Crippen molar-refractivity contribution in [2.75, 3.05) is 11.9 Å². The van der Waals surface area contributed by atoms with Gasteiger partial charge in [-0.25, -0.2) is 15.0 Å². The van der Waals surface area contributed by atoms with Crippen LogP contribution in [0.5, 0.6) is 5.75 Å². The van der Waals surface area contributed by atoms with Gasteiger partial charge in [0, 0.05) is 4.88 Å². The molecule has 2 amide bonds. The van der Waals surface area contributed by atoms with Crippen LogP contribution in [0.3, 0.4) is 0 Å². The van der Waals surface area contributed by atoms with E-state index in [0.717, 1.165) is 29.7 Å². The van der Waals surface area contributed by atoms with Crippen molar-refractivity contribution in [3.05, 3.63) is 81.7 Å². The maximum absolute atomic E-state index is 12.6. The molecule has 1 heterocycles. The van der Waals surface area contributed by atoms with Crippen molar-refractivity contribution < 1.29 is 28.7 Å². The zero-order valence-electron chi connectivity index (χ0n) is 21.0. The average molecular weight is 534 g/mol. The highest BCUT2D eigenvalue weighted by Gasteiger charge is 2.30. The number of thiophene rings is 1. The number of carbonyl (C=O) groups excluding carboxylic acids is 4. The molecule has 1 unspecified atom stereocenters. The topological polar surface area (TPSA) is 123 Å². The van der Waals surface area contributed by atoms with Crippen LogP contribution in [0.2, 0.25) is 0 Å². The zero-order valence-corrected chi connectivity index (χ0v) is 21.8. The Morgan fingerprint density at radius 3 is 2.47 bits per heavy atom. The Hall–Kier alpha value is -4.31. The molecule has 0 bridgehead atoms. The second kappa shape index (κ2) is 12.3. The number of fused-ring (bicyclic) bond motifs is 1. The van der Waals surface area contributed by atoms with Crippen molar-refractivity contribution in [2.45, 2.75) is 33.1 Å². The van der Waals surface area contributed by atoms with Crippen molar-refractivity contribution in [3.63, 3.8) is 0 Å². The third kappa shape index (κ3) is 6.51. The van der Waals surface area contributed by atoms with E-state index in [1.165, 1.54) is 17.6 Å². The third-order valence-electron chi connectivity index (χ3n) is 5.90. The predicted octanol–water partition coefficient (Wildman–Crippen LogP) is 4.36. The van der Waals surface area contributed by atoms with E-state index in [1.54, 1.807) is 55.5 Å². The second-order valence-electron chi connectivity index (χ2n) is 8.75. The number of carbonyl (C=O) groups is 4. The number of rotatable bonds is 7. The maximum atomic E-state index is 12.6. The molecule has 0 aliphatic heterocycles. The van der Waals surface area contributed by atoms with Gasteiger partial charge >= 0.3 is 23.8 Å². The molecular weight excluding hydrogens is 506 g/mol. The molecule has 0 radical (unpaired) electrons. The smallest absolute Gasteiger partial charge is 0.343 e. The van der Waals surface area contributed by atoms with E-state index >= 15 is 0 Å².